The fraction of sp³-hybridized carbons (Fsp3) is 0.0222. The second-order valence-corrected chi connectivity index (χ2v) is 13.0. The Bertz CT molecular complexity index is 2480. The van der Waals surface area contributed by atoms with E-state index in [9.17, 15) is 0 Å². The highest BCUT2D eigenvalue weighted by molar-refractivity contribution is 6.95. The molecule has 8 aromatic rings. The van der Waals surface area contributed by atoms with E-state index in [4.69, 9.17) is 4.42 Å². The van der Waals surface area contributed by atoms with Crippen molar-refractivity contribution in [3.63, 3.8) is 0 Å². The molecule has 0 amide bonds. The summed E-state index contributed by atoms with van der Waals surface area (Å²) in [5, 5.41) is 1.13. The van der Waals surface area contributed by atoms with Crippen LogP contribution >= 0.6 is 0 Å². The van der Waals surface area contributed by atoms with Gasteiger partial charge in [0.2, 0.25) is 5.88 Å². The van der Waals surface area contributed by atoms with Crippen molar-refractivity contribution < 1.29 is 4.42 Å². The van der Waals surface area contributed by atoms with E-state index in [-0.39, 0.29) is 6.85 Å². The van der Waals surface area contributed by atoms with E-state index in [0.29, 0.717) is 0 Å². The predicted molar refractivity (Wildman–Crippen MR) is 209 cm³/mol. The van der Waals surface area contributed by atoms with E-state index in [1.807, 2.05) is 0 Å². The van der Waals surface area contributed by atoms with E-state index in [1.54, 1.807) is 0 Å². The smallest absolute Gasteiger partial charge is 0.337 e. The number of fused-ring (bicyclic) bond motifs is 6. The lowest BCUT2D eigenvalue weighted by Crippen LogP contribution is -2.61. The van der Waals surface area contributed by atoms with E-state index >= 15 is 0 Å². The lowest BCUT2D eigenvalue weighted by molar-refractivity contribution is 0.622. The van der Waals surface area contributed by atoms with Gasteiger partial charge < -0.3 is 14.1 Å². The van der Waals surface area contributed by atoms with Gasteiger partial charge in [-0.1, -0.05) is 97.1 Å². The standard InChI is InChI=1S/C45H32BN3O/c1-31-28-39-38-30-36(47(32-16-6-2-7-17-32)33-18-8-3-9-19-33)26-27-40(38)49(35-22-12-5-13-23-35)46-43(39)41(29-31)48(34-20-10-4-11-21-34)45-44(46)37-24-14-15-25-42(37)50-45/h2-30H,1H3. The molecular weight excluding hydrogens is 609 g/mol. The molecule has 2 aliphatic rings. The van der Waals surface area contributed by atoms with Gasteiger partial charge in [0.25, 0.3) is 0 Å². The molecule has 0 aliphatic carbocycles. The quantitative estimate of drug-likeness (QED) is 0.175. The van der Waals surface area contributed by atoms with Gasteiger partial charge in [0, 0.05) is 56.2 Å². The molecule has 0 fully saturated rings. The number of aryl methyl sites for hydroxylation is 1. The van der Waals surface area contributed by atoms with Crippen molar-refractivity contribution in [2.45, 2.75) is 6.92 Å². The fourth-order valence-corrected chi connectivity index (χ4v) is 8.01. The Morgan fingerprint density at radius 2 is 1.10 bits per heavy atom. The highest BCUT2D eigenvalue weighted by Crippen LogP contribution is 2.49. The third-order valence-electron chi connectivity index (χ3n) is 10.0. The maximum absolute atomic E-state index is 6.86. The highest BCUT2D eigenvalue weighted by atomic mass is 16.4. The number of rotatable bonds is 5. The van der Waals surface area contributed by atoms with Crippen LogP contribution in [0.3, 0.4) is 0 Å². The first-order valence-electron chi connectivity index (χ1n) is 17.1. The largest absolute Gasteiger partial charge is 0.440 e. The number of hydrogen-bond acceptors (Lipinski definition) is 4. The summed E-state index contributed by atoms with van der Waals surface area (Å²) in [6.07, 6.45) is 0. The minimum absolute atomic E-state index is 0.112. The molecule has 0 radical (unpaired) electrons. The summed E-state index contributed by atoms with van der Waals surface area (Å²) >= 11 is 0. The van der Waals surface area contributed by atoms with Gasteiger partial charge in [-0.05, 0) is 102 Å². The van der Waals surface area contributed by atoms with Gasteiger partial charge in [0.1, 0.15) is 5.58 Å². The van der Waals surface area contributed by atoms with Crippen molar-refractivity contribution in [3.05, 3.63) is 181 Å². The van der Waals surface area contributed by atoms with Crippen LogP contribution in [0.15, 0.2) is 180 Å². The van der Waals surface area contributed by atoms with E-state index in [1.165, 1.54) is 33.3 Å². The SMILES string of the molecule is Cc1cc2c3c(c1)N(c1ccccc1)c1oc4ccccc4c1B3N(c1ccccc1)c1ccc(N(c3ccccc3)c3ccccc3)cc1-2. The number of anilines is 8. The van der Waals surface area contributed by atoms with Crippen LogP contribution in [0, 0.1) is 6.92 Å². The Morgan fingerprint density at radius 3 is 1.78 bits per heavy atom. The molecule has 0 bridgehead atoms. The van der Waals surface area contributed by atoms with Crippen molar-refractivity contribution >= 4 is 74.4 Å². The second-order valence-electron chi connectivity index (χ2n) is 13.0. The first-order valence-corrected chi connectivity index (χ1v) is 17.1. The molecule has 0 N–H and O–H groups in total. The molecule has 4 nitrogen and oxygen atoms in total. The normalized spacial score (nSPS) is 12.8. The van der Waals surface area contributed by atoms with Gasteiger partial charge >= 0.3 is 6.85 Å². The molecule has 5 heteroatoms. The maximum atomic E-state index is 6.86. The molecule has 50 heavy (non-hydrogen) atoms. The van der Waals surface area contributed by atoms with Crippen LogP contribution in [0.5, 0.6) is 0 Å². The van der Waals surface area contributed by atoms with Crippen LogP contribution in [0.1, 0.15) is 5.56 Å². The van der Waals surface area contributed by atoms with E-state index in [0.717, 1.165) is 51.0 Å². The Hall–Kier alpha value is -6.46. The van der Waals surface area contributed by atoms with Gasteiger partial charge in [-0.2, -0.15) is 0 Å². The van der Waals surface area contributed by atoms with Crippen molar-refractivity contribution in [1.82, 2.24) is 0 Å². The Morgan fingerprint density at radius 1 is 0.500 bits per heavy atom. The number of para-hydroxylation sites is 5. The van der Waals surface area contributed by atoms with Crippen molar-refractivity contribution in [3.8, 4) is 11.1 Å². The first kappa shape index (κ1) is 28.5. The lowest BCUT2D eigenvalue weighted by atomic mass is 9.43. The van der Waals surface area contributed by atoms with Gasteiger partial charge in [0.05, 0.1) is 0 Å². The summed E-state index contributed by atoms with van der Waals surface area (Å²) < 4.78 is 6.86. The van der Waals surface area contributed by atoms with Crippen LogP contribution in [-0.2, 0) is 0 Å². The zero-order valence-electron chi connectivity index (χ0n) is 27.6. The predicted octanol–water partition coefficient (Wildman–Crippen LogP) is 10.9. The summed E-state index contributed by atoms with van der Waals surface area (Å²) in [6.45, 7) is 2.09. The lowest BCUT2D eigenvalue weighted by Gasteiger charge is -2.44. The average Bonchev–Trinajstić information content (AvgIpc) is 3.56. The number of nitrogens with zero attached hydrogens (tertiary/aromatic N) is 3. The van der Waals surface area contributed by atoms with Crippen LogP contribution in [0.2, 0.25) is 0 Å². The summed E-state index contributed by atoms with van der Waals surface area (Å²) in [4.78, 5) is 7.20. The first-order chi connectivity index (χ1) is 24.7. The summed E-state index contributed by atoms with van der Waals surface area (Å²) in [7, 11) is 0. The zero-order chi connectivity index (χ0) is 33.2. The molecule has 7 aromatic carbocycles. The molecular formula is C45H32BN3O. The molecule has 0 saturated carbocycles. The molecule has 0 saturated heterocycles. The summed E-state index contributed by atoms with van der Waals surface area (Å²) in [6, 6.07) is 62.8. The summed E-state index contributed by atoms with van der Waals surface area (Å²) in [5.74, 6) is 0.867. The van der Waals surface area contributed by atoms with Crippen LogP contribution in [0.25, 0.3) is 22.1 Å². The Labute approximate surface area is 292 Å². The minimum Gasteiger partial charge on any atom is -0.440 e. The van der Waals surface area contributed by atoms with Crippen LogP contribution in [-0.4, -0.2) is 6.85 Å². The minimum atomic E-state index is -0.112. The summed E-state index contributed by atoms with van der Waals surface area (Å²) in [5.41, 5.74) is 14.8. The van der Waals surface area contributed by atoms with Gasteiger partial charge in [-0.25, -0.2) is 0 Å². The number of benzene rings is 7. The molecule has 0 unspecified atom stereocenters. The van der Waals surface area contributed by atoms with Crippen LogP contribution in [0.4, 0.5) is 45.7 Å². The topological polar surface area (TPSA) is 22.9 Å². The van der Waals surface area contributed by atoms with Crippen molar-refractivity contribution in [1.29, 1.82) is 0 Å². The third kappa shape index (κ3) is 4.33. The zero-order valence-corrected chi connectivity index (χ0v) is 27.6. The van der Waals surface area contributed by atoms with Gasteiger partial charge in [-0.3, -0.25) is 4.90 Å². The molecule has 1 aromatic heterocycles. The third-order valence-corrected chi connectivity index (χ3v) is 10.0. The van der Waals surface area contributed by atoms with Crippen LogP contribution < -0.4 is 25.5 Å². The molecule has 2 aliphatic heterocycles. The molecule has 0 atom stereocenters. The average molecular weight is 642 g/mol. The molecule has 10 rings (SSSR count). The molecule has 236 valence electrons. The Kier molecular flexibility index (Phi) is 6.46. The molecule has 0 spiro atoms. The number of hydrogen-bond donors (Lipinski definition) is 0. The van der Waals surface area contributed by atoms with E-state index < -0.39 is 0 Å². The molecule has 3 heterocycles. The Balaban J connectivity index is 1.30. The second kappa shape index (κ2) is 11.3. The van der Waals surface area contributed by atoms with Crippen molar-refractivity contribution in [2.24, 2.45) is 0 Å². The monoisotopic (exact) mass is 641 g/mol. The van der Waals surface area contributed by atoms with E-state index in [2.05, 4.69) is 197 Å². The highest BCUT2D eigenvalue weighted by Gasteiger charge is 2.48. The maximum Gasteiger partial charge on any atom is 0.337 e. The van der Waals surface area contributed by atoms with Crippen molar-refractivity contribution in [2.75, 3.05) is 14.6 Å². The number of furan rings is 1. The fourth-order valence-electron chi connectivity index (χ4n) is 8.01. The van der Waals surface area contributed by atoms with Gasteiger partial charge in [0.15, 0.2) is 0 Å². The van der Waals surface area contributed by atoms with Gasteiger partial charge in [-0.15, -0.1) is 0 Å².